The summed E-state index contributed by atoms with van der Waals surface area (Å²) in [6, 6.07) is 12.9. The molecule has 0 saturated carbocycles. The van der Waals surface area contributed by atoms with Crippen LogP contribution < -0.4 is 4.90 Å². The van der Waals surface area contributed by atoms with Gasteiger partial charge in [0.2, 0.25) is 0 Å². The number of ether oxygens (including phenoxy) is 1. The van der Waals surface area contributed by atoms with E-state index >= 15 is 0 Å². The van der Waals surface area contributed by atoms with Gasteiger partial charge in [0.1, 0.15) is 11.5 Å². The Bertz CT molecular complexity index is 998. The van der Waals surface area contributed by atoms with Gasteiger partial charge in [-0.2, -0.15) is 0 Å². The standard InChI is InChI=1S/C22H20ClFN2O3/c1-13-11-25(12-14(2)29-13)20-19(15-6-4-3-5-7-15)21(27)26(22(20)28)16-8-9-18(24)17(23)10-16/h3-10,13-14H,11-12H2,1-2H3. The fourth-order valence-electron chi connectivity index (χ4n) is 3.90. The van der Waals surface area contributed by atoms with Gasteiger partial charge >= 0.3 is 0 Å². The quantitative estimate of drug-likeness (QED) is 0.715. The van der Waals surface area contributed by atoms with E-state index < -0.39 is 17.6 Å². The SMILES string of the molecule is CC1CN(C2=C(c3ccccc3)C(=O)N(c3ccc(F)c(Cl)c3)C2=O)CC(C)O1. The van der Waals surface area contributed by atoms with Gasteiger partial charge in [0.25, 0.3) is 11.8 Å². The summed E-state index contributed by atoms with van der Waals surface area (Å²) >= 11 is 5.90. The molecule has 2 aromatic rings. The minimum Gasteiger partial charge on any atom is -0.372 e. The molecule has 1 saturated heterocycles. The van der Waals surface area contributed by atoms with Gasteiger partial charge in [0.15, 0.2) is 0 Å². The van der Waals surface area contributed by atoms with Crippen LogP contribution in [0.3, 0.4) is 0 Å². The molecule has 2 heterocycles. The van der Waals surface area contributed by atoms with E-state index in [0.29, 0.717) is 29.9 Å². The summed E-state index contributed by atoms with van der Waals surface area (Å²) in [7, 11) is 0. The Kier molecular flexibility index (Phi) is 5.15. The molecule has 2 aromatic carbocycles. The van der Waals surface area contributed by atoms with Gasteiger partial charge in [-0.3, -0.25) is 9.59 Å². The molecule has 0 aromatic heterocycles. The maximum atomic E-state index is 13.6. The van der Waals surface area contributed by atoms with Gasteiger partial charge in [0.05, 0.1) is 28.5 Å². The third kappa shape index (κ3) is 3.54. The Morgan fingerprint density at radius 3 is 2.28 bits per heavy atom. The van der Waals surface area contributed by atoms with E-state index in [0.717, 1.165) is 11.0 Å². The summed E-state index contributed by atoms with van der Waals surface area (Å²) in [6.07, 6.45) is -0.166. The highest BCUT2D eigenvalue weighted by Gasteiger charge is 2.44. The number of carbonyl (C=O) groups is 2. The Hall–Kier alpha value is -2.70. The van der Waals surface area contributed by atoms with Crippen LogP contribution >= 0.6 is 11.6 Å². The van der Waals surface area contributed by atoms with E-state index in [1.807, 2.05) is 36.9 Å². The third-order valence-corrected chi connectivity index (χ3v) is 5.31. The largest absolute Gasteiger partial charge is 0.372 e. The summed E-state index contributed by atoms with van der Waals surface area (Å²) in [5.41, 5.74) is 1.56. The van der Waals surface area contributed by atoms with Crippen LogP contribution in [0.15, 0.2) is 54.2 Å². The number of morpholine rings is 1. The fraction of sp³-hybridized carbons (Fsp3) is 0.273. The number of hydrogen-bond acceptors (Lipinski definition) is 4. The summed E-state index contributed by atoms with van der Waals surface area (Å²) in [6.45, 7) is 4.86. The highest BCUT2D eigenvalue weighted by Crippen LogP contribution is 2.36. The lowest BCUT2D eigenvalue weighted by Crippen LogP contribution is -2.47. The van der Waals surface area contributed by atoms with Crippen molar-refractivity contribution in [2.45, 2.75) is 26.1 Å². The minimum atomic E-state index is -0.609. The number of anilines is 1. The van der Waals surface area contributed by atoms with Crippen molar-refractivity contribution in [3.63, 3.8) is 0 Å². The van der Waals surface area contributed by atoms with Crippen molar-refractivity contribution in [2.75, 3.05) is 18.0 Å². The topological polar surface area (TPSA) is 49.9 Å². The number of rotatable bonds is 3. The van der Waals surface area contributed by atoms with Gasteiger partial charge in [-0.05, 0) is 37.6 Å². The number of amides is 2. The maximum absolute atomic E-state index is 13.6. The van der Waals surface area contributed by atoms with Crippen molar-refractivity contribution in [2.24, 2.45) is 0 Å². The maximum Gasteiger partial charge on any atom is 0.282 e. The molecule has 2 aliphatic rings. The van der Waals surface area contributed by atoms with Gasteiger partial charge < -0.3 is 9.64 Å². The second-order valence-corrected chi connectivity index (χ2v) is 7.70. The monoisotopic (exact) mass is 414 g/mol. The zero-order valence-corrected chi connectivity index (χ0v) is 16.8. The number of nitrogens with zero attached hydrogens (tertiary/aromatic N) is 2. The van der Waals surface area contributed by atoms with Crippen molar-refractivity contribution in [3.8, 4) is 0 Å². The molecule has 0 bridgehead atoms. The Labute approximate surface area is 173 Å². The van der Waals surface area contributed by atoms with Crippen LogP contribution in [0.1, 0.15) is 19.4 Å². The van der Waals surface area contributed by atoms with Gasteiger partial charge in [-0.1, -0.05) is 41.9 Å². The number of imide groups is 1. The lowest BCUT2D eigenvalue weighted by Gasteiger charge is -2.37. The second-order valence-electron chi connectivity index (χ2n) is 7.30. The van der Waals surface area contributed by atoms with Crippen LogP contribution in [0, 0.1) is 5.82 Å². The molecule has 2 amide bonds. The molecule has 2 atom stereocenters. The molecule has 0 N–H and O–H groups in total. The molecular weight excluding hydrogens is 395 g/mol. The molecular formula is C22H20ClFN2O3. The highest BCUT2D eigenvalue weighted by atomic mass is 35.5. The Balaban J connectivity index is 1.83. The first-order valence-electron chi connectivity index (χ1n) is 9.40. The molecule has 7 heteroatoms. The number of halogens is 2. The van der Waals surface area contributed by atoms with Gasteiger partial charge in [-0.15, -0.1) is 0 Å². The zero-order chi connectivity index (χ0) is 20.7. The Morgan fingerprint density at radius 2 is 1.66 bits per heavy atom. The van der Waals surface area contributed by atoms with Gasteiger partial charge in [-0.25, -0.2) is 9.29 Å². The second kappa shape index (κ2) is 7.61. The molecule has 0 spiro atoms. The van der Waals surface area contributed by atoms with Crippen molar-refractivity contribution < 1.29 is 18.7 Å². The first-order valence-corrected chi connectivity index (χ1v) is 9.78. The molecule has 0 radical (unpaired) electrons. The normalized spacial score (nSPS) is 22.6. The minimum absolute atomic E-state index is 0.0829. The van der Waals surface area contributed by atoms with E-state index in [1.54, 1.807) is 12.1 Å². The predicted molar refractivity (Wildman–Crippen MR) is 109 cm³/mol. The summed E-state index contributed by atoms with van der Waals surface area (Å²) in [5, 5.41) is -0.147. The molecule has 5 nitrogen and oxygen atoms in total. The number of benzene rings is 2. The molecule has 150 valence electrons. The van der Waals surface area contributed by atoms with Crippen molar-refractivity contribution in [3.05, 3.63) is 70.6 Å². The van der Waals surface area contributed by atoms with E-state index in [1.165, 1.54) is 12.1 Å². The average Bonchev–Trinajstić information content (AvgIpc) is 2.94. The smallest absolute Gasteiger partial charge is 0.282 e. The summed E-state index contributed by atoms with van der Waals surface area (Å²) in [4.78, 5) is 29.8. The third-order valence-electron chi connectivity index (χ3n) is 5.02. The first kappa shape index (κ1) is 19.6. The van der Waals surface area contributed by atoms with Crippen LogP contribution in [0.5, 0.6) is 0 Å². The first-order chi connectivity index (χ1) is 13.9. The van der Waals surface area contributed by atoms with Crippen LogP contribution in [0.4, 0.5) is 10.1 Å². The van der Waals surface area contributed by atoms with Crippen molar-refractivity contribution in [1.82, 2.24) is 4.90 Å². The number of hydrogen-bond donors (Lipinski definition) is 0. The van der Waals surface area contributed by atoms with Crippen LogP contribution in [-0.2, 0) is 14.3 Å². The van der Waals surface area contributed by atoms with E-state index in [4.69, 9.17) is 16.3 Å². The Morgan fingerprint density at radius 1 is 1.00 bits per heavy atom. The average molecular weight is 415 g/mol. The summed E-state index contributed by atoms with van der Waals surface area (Å²) < 4.78 is 19.4. The molecule has 1 fully saturated rings. The summed E-state index contributed by atoms with van der Waals surface area (Å²) in [5.74, 6) is -1.51. The molecule has 29 heavy (non-hydrogen) atoms. The molecule has 2 unspecified atom stereocenters. The molecule has 0 aliphatic carbocycles. The van der Waals surface area contributed by atoms with Crippen molar-refractivity contribution in [1.29, 1.82) is 0 Å². The van der Waals surface area contributed by atoms with Crippen LogP contribution in [0.25, 0.3) is 5.57 Å². The van der Waals surface area contributed by atoms with Crippen molar-refractivity contribution >= 4 is 34.7 Å². The molecule has 2 aliphatic heterocycles. The van der Waals surface area contributed by atoms with Gasteiger partial charge in [0, 0.05) is 13.1 Å². The molecule has 4 rings (SSSR count). The van der Waals surface area contributed by atoms with E-state index in [-0.39, 0.29) is 22.9 Å². The van der Waals surface area contributed by atoms with E-state index in [2.05, 4.69) is 0 Å². The highest BCUT2D eigenvalue weighted by molar-refractivity contribution is 6.45. The van der Waals surface area contributed by atoms with Crippen LogP contribution in [0.2, 0.25) is 5.02 Å². The lowest BCUT2D eigenvalue weighted by molar-refractivity contribution is -0.121. The lowest BCUT2D eigenvalue weighted by atomic mass is 10.0. The fourth-order valence-corrected chi connectivity index (χ4v) is 4.07. The number of carbonyl (C=O) groups excluding carboxylic acids is 2. The van der Waals surface area contributed by atoms with E-state index in [9.17, 15) is 14.0 Å². The zero-order valence-electron chi connectivity index (χ0n) is 16.1. The predicted octanol–water partition coefficient (Wildman–Crippen LogP) is 3.87. The van der Waals surface area contributed by atoms with Crippen LogP contribution in [-0.4, -0.2) is 42.0 Å².